The zero-order valence-corrected chi connectivity index (χ0v) is 21.9. The number of amides is 3. The standard InChI is InChI=1S/C29H39N5O2/c1-29(2,34-18-16-31(3)17-19-34)27(35)32-14-12-23(13-15-32)22-8-10-26(11-9-22)30-28(36)33-20-24-6-4-5-7-25(24)21-33/h4-11,23H,12-21H2,1-3H3,(H,30,36). The number of carbonyl (C=O) groups is 2. The Morgan fingerprint density at radius 3 is 1.97 bits per heavy atom. The van der Waals surface area contributed by atoms with Crippen molar-refractivity contribution in [3.8, 4) is 0 Å². The van der Waals surface area contributed by atoms with E-state index in [0.717, 1.165) is 57.8 Å². The number of hydrogen-bond acceptors (Lipinski definition) is 4. The molecule has 0 unspecified atom stereocenters. The number of nitrogens with zero attached hydrogens (tertiary/aromatic N) is 4. The van der Waals surface area contributed by atoms with Gasteiger partial charge in [-0.25, -0.2) is 4.79 Å². The maximum absolute atomic E-state index is 13.4. The van der Waals surface area contributed by atoms with E-state index in [1.165, 1.54) is 16.7 Å². The highest BCUT2D eigenvalue weighted by Gasteiger charge is 2.39. The molecule has 7 nitrogen and oxygen atoms in total. The molecule has 0 atom stereocenters. The molecule has 0 bridgehead atoms. The highest BCUT2D eigenvalue weighted by Crippen LogP contribution is 2.31. The molecule has 7 heteroatoms. The Labute approximate surface area is 215 Å². The molecule has 5 rings (SSSR count). The van der Waals surface area contributed by atoms with Crippen molar-refractivity contribution in [2.45, 2.75) is 51.2 Å². The van der Waals surface area contributed by atoms with Crippen LogP contribution in [0.25, 0.3) is 0 Å². The van der Waals surface area contributed by atoms with Crippen LogP contribution in [-0.2, 0) is 17.9 Å². The summed E-state index contributed by atoms with van der Waals surface area (Å²) in [5.74, 6) is 0.700. The summed E-state index contributed by atoms with van der Waals surface area (Å²) in [6, 6.07) is 16.4. The van der Waals surface area contributed by atoms with Crippen LogP contribution in [0.15, 0.2) is 48.5 Å². The lowest BCUT2D eigenvalue weighted by Crippen LogP contribution is -2.61. The number of benzene rings is 2. The Morgan fingerprint density at radius 2 is 1.39 bits per heavy atom. The van der Waals surface area contributed by atoms with Crippen molar-refractivity contribution in [1.29, 1.82) is 0 Å². The minimum atomic E-state index is -0.454. The SMILES string of the molecule is CN1CCN(C(C)(C)C(=O)N2CCC(c3ccc(NC(=O)N4Cc5ccccc5C4)cc3)CC2)CC1. The van der Waals surface area contributed by atoms with Crippen molar-refractivity contribution in [3.63, 3.8) is 0 Å². The number of fused-ring (bicyclic) bond motifs is 1. The van der Waals surface area contributed by atoms with E-state index in [4.69, 9.17) is 0 Å². The van der Waals surface area contributed by atoms with Crippen LogP contribution in [0.4, 0.5) is 10.5 Å². The quantitative estimate of drug-likeness (QED) is 0.706. The summed E-state index contributed by atoms with van der Waals surface area (Å²) in [5, 5.41) is 3.05. The maximum atomic E-state index is 13.4. The third-order valence-electron chi connectivity index (χ3n) is 8.36. The summed E-state index contributed by atoms with van der Waals surface area (Å²) in [7, 11) is 2.14. The van der Waals surface area contributed by atoms with Gasteiger partial charge >= 0.3 is 6.03 Å². The molecular formula is C29H39N5O2. The average molecular weight is 490 g/mol. The maximum Gasteiger partial charge on any atom is 0.322 e. The second kappa shape index (κ2) is 10.2. The van der Waals surface area contributed by atoms with Gasteiger partial charge in [0, 0.05) is 58.0 Å². The monoisotopic (exact) mass is 489 g/mol. The van der Waals surface area contributed by atoms with E-state index in [9.17, 15) is 9.59 Å². The van der Waals surface area contributed by atoms with Gasteiger partial charge in [0.05, 0.1) is 5.54 Å². The molecule has 3 heterocycles. The van der Waals surface area contributed by atoms with Crippen molar-refractivity contribution < 1.29 is 9.59 Å². The number of nitrogens with one attached hydrogen (secondary N) is 1. The second-order valence-corrected chi connectivity index (χ2v) is 11.1. The van der Waals surface area contributed by atoms with Gasteiger partial charge in [0.15, 0.2) is 0 Å². The Bertz CT molecular complexity index is 1060. The molecule has 3 amide bonds. The van der Waals surface area contributed by atoms with Gasteiger partial charge in [-0.2, -0.15) is 0 Å². The predicted octanol–water partition coefficient (Wildman–Crippen LogP) is 3.97. The normalized spacial score (nSPS) is 19.9. The first-order chi connectivity index (χ1) is 17.3. The molecule has 2 fully saturated rings. The van der Waals surface area contributed by atoms with Crippen LogP contribution in [0.1, 0.15) is 49.3 Å². The van der Waals surface area contributed by atoms with Crippen LogP contribution in [0, 0.1) is 0 Å². The van der Waals surface area contributed by atoms with Gasteiger partial charge < -0.3 is 20.0 Å². The molecule has 0 spiro atoms. The van der Waals surface area contributed by atoms with E-state index in [2.05, 4.69) is 65.2 Å². The largest absolute Gasteiger partial charge is 0.341 e. The lowest BCUT2D eigenvalue weighted by molar-refractivity contribution is -0.145. The highest BCUT2D eigenvalue weighted by molar-refractivity contribution is 5.89. The van der Waals surface area contributed by atoms with Gasteiger partial charge in [-0.05, 0) is 68.5 Å². The molecule has 192 valence electrons. The van der Waals surface area contributed by atoms with Crippen molar-refractivity contribution >= 4 is 17.6 Å². The number of likely N-dealkylation sites (tertiary alicyclic amines) is 1. The predicted molar refractivity (Wildman–Crippen MR) is 143 cm³/mol. The van der Waals surface area contributed by atoms with Crippen LogP contribution >= 0.6 is 0 Å². The molecule has 2 aromatic rings. The van der Waals surface area contributed by atoms with Crippen LogP contribution in [0.3, 0.4) is 0 Å². The first kappa shape index (κ1) is 24.8. The summed E-state index contributed by atoms with van der Waals surface area (Å²) in [5.41, 5.74) is 4.10. The number of piperidine rings is 1. The molecule has 36 heavy (non-hydrogen) atoms. The van der Waals surface area contributed by atoms with Crippen molar-refractivity contribution in [2.24, 2.45) is 0 Å². The lowest BCUT2D eigenvalue weighted by atomic mass is 9.88. The van der Waals surface area contributed by atoms with Gasteiger partial charge in [0.25, 0.3) is 0 Å². The van der Waals surface area contributed by atoms with Crippen LogP contribution in [-0.4, -0.2) is 83.4 Å². The van der Waals surface area contributed by atoms with E-state index < -0.39 is 5.54 Å². The number of carbonyl (C=O) groups excluding carboxylic acids is 2. The summed E-state index contributed by atoms with van der Waals surface area (Å²) in [4.78, 5) is 34.7. The molecule has 0 saturated carbocycles. The molecule has 2 saturated heterocycles. The third-order valence-corrected chi connectivity index (χ3v) is 8.36. The minimum Gasteiger partial charge on any atom is -0.341 e. The number of urea groups is 1. The Hall–Kier alpha value is -2.90. The van der Waals surface area contributed by atoms with Gasteiger partial charge in [-0.15, -0.1) is 0 Å². The first-order valence-electron chi connectivity index (χ1n) is 13.3. The number of hydrogen-bond donors (Lipinski definition) is 1. The molecule has 0 radical (unpaired) electrons. The fourth-order valence-electron chi connectivity index (χ4n) is 5.82. The van der Waals surface area contributed by atoms with E-state index in [1.54, 1.807) is 0 Å². The summed E-state index contributed by atoms with van der Waals surface area (Å²) >= 11 is 0. The smallest absolute Gasteiger partial charge is 0.322 e. The molecule has 3 aliphatic rings. The Balaban J connectivity index is 1.12. The zero-order valence-electron chi connectivity index (χ0n) is 21.9. The fraction of sp³-hybridized carbons (Fsp3) is 0.517. The van der Waals surface area contributed by atoms with Crippen molar-refractivity contribution in [3.05, 3.63) is 65.2 Å². The molecule has 0 aromatic heterocycles. The zero-order chi connectivity index (χ0) is 25.3. The Morgan fingerprint density at radius 1 is 0.806 bits per heavy atom. The van der Waals surface area contributed by atoms with E-state index in [-0.39, 0.29) is 11.9 Å². The van der Waals surface area contributed by atoms with Crippen LogP contribution < -0.4 is 5.32 Å². The molecule has 2 aromatic carbocycles. The third kappa shape index (κ3) is 5.13. The molecule has 3 aliphatic heterocycles. The van der Waals surface area contributed by atoms with Crippen molar-refractivity contribution in [1.82, 2.24) is 19.6 Å². The van der Waals surface area contributed by atoms with Crippen LogP contribution in [0.5, 0.6) is 0 Å². The van der Waals surface area contributed by atoms with E-state index >= 15 is 0 Å². The number of rotatable bonds is 4. The molecular weight excluding hydrogens is 450 g/mol. The number of anilines is 1. The number of likely N-dealkylation sites (N-methyl/N-ethyl adjacent to an activating group) is 1. The summed E-state index contributed by atoms with van der Waals surface area (Å²) < 4.78 is 0. The summed E-state index contributed by atoms with van der Waals surface area (Å²) in [6.45, 7) is 11.0. The summed E-state index contributed by atoms with van der Waals surface area (Å²) in [6.07, 6.45) is 1.95. The van der Waals surface area contributed by atoms with Crippen molar-refractivity contribution in [2.75, 3.05) is 51.6 Å². The van der Waals surface area contributed by atoms with E-state index in [0.29, 0.717) is 19.0 Å². The van der Waals surface area contributed by atoms with Crippen LogP contribution in [0.2, 0.25) is 0 Å². The molecule has 1 N–H and O–H groups in total. The minimum absolute atomic E-state index is 0.0614. The fourth-order valence-corrected chi connectivity index (χ4v) is 5.82. The highest BCUT2D eigenvalue weighted by atomic mass is 16.2. The van der Waals surface area contributed by atoms with Gasteiger partial charge in [-0.1, -0.05) is 36.4 Å². The lowest BCUT2D eigenvalue weighted by Gasteiger charge is -2.45. The Kier molecular flexibility index (Phi) is 7.04. The topological polar surface area (TPSA) is 59.1 Å². The average Bonchev–Trinajstić information content (AvgIpc) is 3.34. The molecule has 0 aliphatic carbocycles. The van der Waals surface area contributed by atoms with Gasteiger partial charge in [-0.3, -0.25) is 9.69 Å². The number of piperazine rings is 1. The second-order valence-electron chi connectivity index (χ2n) is 11.1. The van der Waals surface area contributed by atoms with E-state index in [1.807, 2.05) is 29.2 Å². The van der Waals surface area contributed by atoms with Gasteiger partial charge in [0.2, 0.25) is 5.91 Å². The first-order valence-corrected chi connectivity index (χ1v) is 13.3. The van der Waals surface area contributed by atoms with Gasteiger partial charge in [0.1, 0.15) is 0 Å².